The van der Waals surface area contributed by atoms with Crippen LogP contribution in [0.1, 0.15) is 6.42 Å². The van der Waals surface area contributed by atoms with Gasteiger partial charge in [-0.25, -0.2) is 8.78 Å². The summed E-state index contributed by atoms with van der Waals surface area (Å²) in [6.45, 7) is 0.617. The predicted molar refractivity (Wildman–Crippen MR) is 85.8 cm³/mol. The fourth-order valence-electron chi connectivity index (χ4n) is 2.33. The number of benzene rings is 2. The summed E-state index contributed by atoms with van der Waals surface area (Å²) in [6.07, 6.45) is -0.240. The van der Waals surface area contributed by atoms with E-state index in [4.69, 9.17) is 14.2 Å². The molecule has 2 aromatic carbocycles. The zero-order chi connectivity index (χ0) is 17.6. The number of carbonyl (C=O) groups excluding carboxylic acids is 1. The number of hydrogen-bond acceptors (Lipinski definition) is 4. The van der Waals surface area contributed by atoms with Crippen molar-refractivity contribution in [3.63, 3.8) is 0 Å². The van der Waals surface area contributed by atoms with Crippen LogP contribution in [0.4, 0.5) is 8.78 Å². The lowest BCUT2D eigenvalue weighted by Gasteiger charge is -2.26. The van der Waals surface area contributed by atoms with Gasteiger partial charge in [0.1, 0.15) is 18.5 Å². The third-order valence-corrected chi connectivity index (χ3v) is 3.58. The van der Waals surface area contributed by atoms with Crippen molar-refractivity contribution in [3.8, 4) is 17.2 Å². The van der Waals surface area contributed by atoms with Crippen molar-refractivity contribution in [2.75, 3.05) is 19.8 Å². The molecule has 0 saturated heterocycles. The van der Waals surface area contributed by atoms with Crippen LogP contribution in [0.2, 0.25) is 0 Å². The second-order valence-corrected chi connectivity index (χ2v) is 5.47. The molecule has 0 saturated carbocycles. The van der Waals surface area contributed by atoms with Crippen LogP contribution in [0.3, 0.4) is 0 Å². The Kier molecular flexibility index (Phi) is 5.33. The second-order valence-electron chi connectivity index (χ2n) is 5.47. The van der Waals surface area contributed by atoms with Crippen LogP contribution in [0.15, 0.2) is 42.5 Å². The van der Waals surface area contributed by atoms with Gasteiger partial charge >= 0.3 is 0 Å². The van der Waals surface area contributed by atoms with Crippen molar-refractivity contribution in [1.29, 1.82) is 0 Å². The first-order chi connectivity index (χ1) is 12.1. The number of ether oxygens (including phenoxy) is 3. The topological polar surface area (TPSA) is 56.8 Å². The van der Waals surface area contributed by atoms with E-state index in [1.54, 1.807) is 6.07 Å². The SMILES string of the molecule is O=C(CCOc1ccc(F)cc1F)NC[C@H]1COc2ccccc2O1. The maximum Gasteiger partial charge on any atom is 0.223 e. The van der Waals surface area contributed by atoms with Gasteiger partial charge in [0, 0.05) is 6.07 Å². The van der Waals surface area contributed by atoms with Crippen LogP contribution in [-0.4, -0.2) is 31.8 Å². The van der Waals surface area contributed by atoms with E-state index in [9.17, 15) is 13.6 Å². The van der Waals surface area contributed by atoms with Crippen molar-refractivity contribution >= 4 is 5.91 Å². The predicted octanol–water partition coefficient (Wildman–Crippen LogP) is 2.69. The Bertz CT molecular complexity index is 754. The molecule has 1 aliphatic heterocycles. The highest BCUT2D eigenvalue weighted by Crippen LogP contribution is 2.30. The molecule has 0 bridgehead atoms. The monoisotopic (exact) mass is 349 g/mol. The highest BCUT2D eigenvalue weighted by Gasteiger charge is 2.20. The lowest BCUT2D eigenvalue weighted by molar-refractivity contribution is -0.122. The molecule has 3 rings (SSSR count). The Hall–Kier alpha value is -2.83. The zero-order valence-electron chi connectivity index (χ0n) is 13.3. The average molecular weight is 349 g/mol. The smallest absolute Gasteiger partial charge is 0.223 e. The summed E-state index contributed by atoms with van der Waals surface area (Å²) >= 11 is 0. The normalized spacial score (nSPS) is 15.5. The lowest BCUT2D eigenvalue weighted by atomic mass is 10.2. The summed E-state index contributed by atoms with van der Waals surface area (Å²) in [5.74, 6) is -0.506. The number of rotatable bonds is 6. The van der Waals surface area contributed by atoms with E-state index in [1.807, 2.05) is 18.2 Å². The molecule has 1 atom stereocenters. The van der Waals surface area contributed by atoms with Crippen molar-refractivity contribution < 1.29 is 27.8 Å². The van der Waals surface area contributed by atoms with Gasteiger partial charge in [-0.2, -0.15) is 0 Å². The highest BCUT2D eigenvalue weighted by atomic mass is 19.1. The van der Waals surface area contributed by atoms with Gasteiger partial charge < -0.3 is 19.5 Å². The maximum absolute atomic E-state index is 13.4. The summed E-state index contributed by atoms with van der Waals surface area (Å²) < 4.78 is 42.6. The molecule has 1 amide bonds. The molecule has 0 aliphatic carbocycles. The summed E-state index contributed by atoms with van der Waals surface area (Å²) in [5.41, 5.74) is 0. The fourth-order valence-corrected chi connectivity index (χ4v) is 2.33. The minimum absolute atomic E-state index is 0.0146. The van der Waals surface area contributed by atoms with Crippen LogP contribution in [-0.2, 0) is 4.79 Å². The van der Waals surface area contributed by atoms with Crippen LogP contribution < -0.4 is 19.5 Å². The molecule has 0 fully saturated rings. The Morgan fingerprint density at radius 1 is 1.20 bits per heavy atom. The van der Waals surface area contributed by atoms with E-state index in [2.05, 4.69) is 5.32 Å². The molecule has 0 unspecified atom stereocenters. The number of halogens is 2. The third kappa shape index (κ3) is 4.59. The van der Waals surface area contributed by atoms with Crippen molar-refractivity contribution in [3.05, 3.63) is 54.1 Å². The Balaban J connectivity index is 1.39. The van der Waals surface area contributed by atoms with Gasteiger partial charge in [-0.1, -0.05) is 12.1 Å². The standard InChI is InChI=1S/C18H17F2NO4/c19-12-5-6-15(14(20)9-12)23-8-7-18(22)21-10-13-11-24-16-3-1-2-4-17(16)25-13/h1-6,9,13H,7-8,10-11H2,(H,21,22)/t13-/m0/s1. The van der Waals surface area contributed by atoms with E-state index >= 15 is 0 Å². The van der Waals surface area contributed by atoms with Gasteiger partial charge in [-0.3, -0.25) is 4.79 Å². The van der Waals surface area contributed by atoms with Gasteiger partial charge in [0.2, 0.25) is 5.91 Å². The van der Waals surface area contributed by atoms with Gasteiger partial charge in [0.05, 0.1) is 19.6 Å². The molecule has 7 heteroatoms. The van der Waals surface area contributed by atoms with Gasteiger partial charge in [-0.15, -0.1) is 0 Å². The van der Waals surface area contributed by atoms with Crippen molar-refractivity contribution in [1.82, 2.24) is 5.32 Å². The molecule has 1 N–H and O–H groups in total. The zero-order valence-corrected chi connectivity index (χ0v) is 13.3. The van der Waals surface area contributed by atoms with E-state index in [1.165, 1.54) is 6.07 Å². The summed E-state index contributed by atoms with van der Waals surface area (Å²) in [4.78, 5) is 11.8. The van der Waals surface area contributed by atoms with Crippen LogP contribution in [0.25, 0.3) is 0 Å². The molecule has 25 heavy (non-hydrogen) atoms. The molecule has 5 nitrogen and oxygen atoms in total. The Labute approximate surface area is 143 Å². The number of carbonyl (C=O) groups is 1. The van der Waals surface area contributed by atoms with Gasteiger partial charge in [-0.05, 0) is 24.3 Å². The van der Waals surface area contributed by atoms with Gasteiger partial charge in [0.15, 0.2) is 23.1 Å². The molecule has 0 spiro atoms. The van der Waals surface area contributed by atoms with Crippen molar-refractivity contribution in [2.45, 2.75) is 12.5 Å². The van der Waals surface area contributed by atoms with E-state index in [0.29, 0.717) is 18.1 Å². The van der Waals surface area contributed by atoms with E-state index in [-0.39, 0.29) is 37.3 Å². The molecule has 2 aromatic rings. The first kappa shape index (κ1) is 17.0. The lowest BCUT2D eigenvalue weighted by Crippen LogP contribution is -2.41. The summed E-state index contributed by atoms with van der Waals surface area (Å²) in [6, 6.07) is 10.3. The molecule has 132 valence electrons. The molecular weight excluding hydrogens is 332 g/mol. The van der Waals surface area contributed by atoms with E-state index in [0.717, 1.165) is 12.1 Å². The number of nitrogens with one attached hydrogen (secondary N) is 1. The molecule has 0 radical (unpaired) electrons. The Morgan fingerprint density at radius 3 is 2.80 bits per heavy atom. The molecular formula is C18H17F2NO4. The maximum atomic E-state index is 13.4. The molecule has 0 aromatic heterocycles. The first-order valence-electron chi connectivity index (χ1n) is 7.85. The van der Waals surface area contributed by atoms with Crippen molar-refractivity contribution in [2.24, 2.45) is 0 Å². The molecule has 1 heterocycles. The minimum Gasteiger partial charge on any atom is -0.490 e. The number of amides is 1. The highest BCUT2D eigenvalue weighted by molar-refractivity contribution is 5.76. The van der Waals surface area contributed by atoms with Gasteiger partial charge in [0.25, 0.3) is 0 Å². The first-order valence-corrected chi connectivity index (χ1v) is 7.85. The summed E-state index contributed by atoms with van der Waals surface area (Å²) in [5, 5.41) is 2.72. The largest absolute Gasteiger partial charge is 0.490 e. The second kappa shape index (κ2) is 7.83. The van der Waals surface area contributed by atoms with Crippen LogP contribution in [0.5, 0.6) is 17.2 Å². The number of para-hydroxylation sites is 2. The third-order valence-electron chi connectivity index (χ3n) is 3.58. The molecule has 1 aliphatic rings. The number of fused-ring (bicyclic) bond motifs is 1. The van der Waals surface area contributed by atoms with Crippen LogP contribution in [0, 0.1) is 11.6 Å². The quantitative estimate of drug-likeness (QED) is 0.871. The van der Waals surface area contributed by atoms with E-state index < -0.39 is 11.6 Å². The van der Waals surface area contributed by atoms with Crippen LogP contribution >= 0.6 is 0 Å². The minimum atomic E-state index is -0.799. The summed E-state index contributed by atoms with van der Waals surface area (Å²) in [7, 11) is 0. The number of hydrogen-bond donors (Lipinski definition) is 1. The average Bonchev–Trinajstić information content (AvgIpc) is 2.61. The Morgan fingerprint density at radius 2 is 2.00 bits per heavy atom. The fraction of sp³-hybridized carbons (Fsp3) is 0.278.